The summed E-state index contributed by atoms with van der Waals surface area (Å²) >= 11 is 0. The Kier molecular flexibility index (Phi) is 3.08. The predicted octanol–water partition coefficient (Wildman–Crippen LogP) is 1.35. The standard InChI is InChI=1S/C12H13FN2O2/c1-7-2-3-9(8(13)6-7)15-12(17)10-4-5-11(16)14-10/h2-3,6,10H,4-5H2,1H3,(H,14,16)(H,15,17). The second-order valence-corrected chi connectivity index (χ2v) is 4.13. The van der Waals surface area contributed by atoms with Gasteiger partial charge in [0.1, 0.15) is 11.9 Å². The second kappa shape index (κ2) is 4.53. The molecule has 0 aliphatic carbocycles. The summed E-state index contributed by atoms with van der Waals surface area (Å²) in [5.74, 6) is -0.990. The van der Waals surface area contributed by atoms with Crippen LogP contribution in [0.4, 0.5) is 10.1 Å². The maximum atomic E-state index is 13.5. The molecular formula is C12H13FN2O2. The monoisotopic (exact) mass is 236 g/mol. The quantitative estimate of drug-likeness (QED) is 0.814. The van der Waals surface area contributed by atoms with Gasteiger partial charge in [-0.25, -0.2) is 4.39 Å². The SMILES string of the molecule is Cc1ccc(NC(=O)C2CCC(=O)N2)c(F)c1. The van der Waals surface area contributed by atoms with E-state index in [1.54, 1.807) is 13.0 Å². The Morgan fingerprint density at radius 3 is 2.88 bits per heavy atom. The highest BCUT2D eigenvalue weighted by Crippen LogP contribution is 2.16. The molecule has 0 saturated carbocycles. The van der Waals surface area contributed by atoms with E-state index >= 15 is 0 Å². The minimum atomic E-state index is -0.553. The van der Waals surface area contributed by atoms with Crippen LogP contribution in [0.25, 0.3) is 0 Å². The molecule has 1 aliphatic heterocycles. The topological polar surface area (TPSA) is 58.2 Å². The van der Waals surface area contributed by atoms with Crippen LogP contribution in [0.3, 0.4) is 0 Å². The highest BCUT2D eigenvalue weighted by molar-refractivity contribution is 5.99. The summed E-state index contributed by atoms with van der Waals surface area (Å²) in [4.78, 5) is 22.7. The van der Waals surface area contributed by atoms with Gasteiger partial charge in [-0.3, -0.25) is 9.59 Å². The van der Waals surface area contributed by atoms with Gasteiger partial charge in [-0.2, -0.15) is 0 Å². The summed E-state index contributed by atoms with van der Waals surface area (Å²) in [5, 5.41) is 5.00. The number of amides is 2. The maximum Gasteiger partial charge on any atom is 0.247 e. The lowest BCUT2D eigenvalue weighted by atomic mass is 10.2. The van der Waals surface area contributed by atoms with Gasteiger partial charge in [0.25, 0.3) is 0 Å². The van der Waals surface area contributed by atoms with Crippen LogP contribution in [0.1, 0.15) is 18.4 Å². The van der Waals surface area contributed by atoms with Crippen molar-refractivity contribution in [2.75, 3.05) is 5.32 Å². The van der Waals surface area contributed by atoms with Crippen LogP contribution in [0, 0.1) is 12.7 Å². The van der Waals surface area contributed by atoms with Crippen LogP contribution in [-0.4, -0.2) is 17.9 Å². The van der Waals surface area contributed by atoms with Gasteiger partial charge < -0.3 is 10.6 Å². The van der Waals surface area contributed by atoms with Crippen molar-refractivity contribution in [3.8, 4) is 0 Å². The van der Waals surface area contributed by atoms with E-state index in [0.717, 1.165) is 5.56 Å². The number of aryl methyl sites for hydroxylation is 1. The molecule has 0 bridgehead atoms. The van der Waals surface area contributed by atoms with Crippen molar-refractivity contribution in [1.82, 2.24) is 5.32 Å². The molecule has 17 heavy (non-hydrogen) atoms. The number of halogens is 1. The molecule has 1 aromatic rings. The van der Waals surface area contributed by atoms with Crippen LogP contribution in [-0.2, 0) is 9.59 Å². The van der Waals surface area contributed by atoms with Crippen LogP contribution in [0.5, 0.6) is 0 Å². The summed E-state index contributed by atoms with van der Waals surface area (Å²) in [6.45, 7) is 1.77. The lowest BCUT2D eigenvalue weighted by Gasteiger charge is -2.11. The molecule has 2 N–H and O–H groups in total. The first kappa shape index (κ1) is 11.6. The number of hydrogen-bond donors (Lipinski definition) is 2. The molecule has 5 heteroatoms. The summed E-state index contributed by atoms with van der Waals surface area (Å²) in [5.41, 5.74) is 0.927. The molecule has 1 aromatic carbocycles. The molecule has 1 saturated heterocycles. The zero-order chi connectivity index (χ0) is 12.4. The van der Waals surface area contributed by atoms with E-state index in [2.05, 4.69) is 10.6 Å². The fourth-order valence-electron chi connectivity index (χ4n) is 1.75. The number of hydrogen-bond acceptors (Lipinski definition) is 2. The average Bonchev–Trinajstić information content (AvgIpc) is 2.69. The van der Waals surface area contributed by atoms with E-state index in [9.17, 15) is 14.0 Å². The molecule has 0 aromatic heterocycles. The first-order chi connectivity index (χ1) is 8.06. The zero-order valence-corrected chi connectivity index (χ0v) is 9.42. The maximum absolute atomic E-state index is 13.5. The number of nitrogens with one attached hydrogen (secondary N) is 2. The number of rotatable bonds is 2. The first-order valence-corrected chi connectivity index (χ1v) is 5.42. The van der Waals surface area contributed by atoms with E-state index in [0.29, 0.717) is 12.8 Å². The van der Waals surface area contributed by atoms with Crippen molar-refractivity contribution in [2.24, 2.45) is 0 Å². The Labute approximate surface area is 98.2 Å². The van der Waals surface area contributed by atoms with E-state index in [4.69, 9.17) is 0 Å². The Morgan fingerprint density at radius 1 is 1.53 bits per heavy atom. The molecule has 0 radical (unpaired) electrons. The fourth-order valence-corrected chi connectivity index (χ4v) is 1.75. The summed E-state index contributed by atoms with van der Waals surface area (Å²) < 4.78 is 13.5. The molecule has 1 heterocycles. The van der Waals surface area contributed by atoms with Crippen molar-refractivity contribution >= 4 is 17.5 Å². The van der Waals surface area contributed by atoms with Crippen molar-refractivity contribution in [3.63, 3.8) is 0 Å². The third kappa shape index (κ3) is 2.61. The van der Waals surface area contributed by atoms with Crippen LogP contribution in [0.15, 0.2) is 18.2 Å². The predicted molar refractivity (Wildman–Crippen MR) is 60.9 cm³/mol. The second-order valence-electron chi connectivity index (χ2n) is 4.13. The molecule has 1 fully saturated rings. The highest BCUT2D eigenvalue weighted by Gasteiger charge is 2.27. The van der Waals surface area contributed by atoms with Gasteiger partial charge in [-0.1, -0.05) is 6.07 Å². The molecule has 0 spiro atoms. The molecule has 90 valence electrons. The lowest BCUT2D eigenvalue weighted by Crippen LogP contribution is -2.37. The third-order valence-corrected chi connectivity index (χ3v) is 2.69. The van der Waals surface area contributed by atoms with Crippen molar-refractivity contribution in [2.45, 2.75) is 25.8 Å². The van der Waals surface area contributed by atoms with Gasteiger partial charge in [0.15, 0.2) is 0 Å². The highest BCUT2D eigenvalue weighted by atomic mass is 19.1. The van der Waals surface area contributed by atoms with E-state index in [1.807, 2.05) is 0 Å². The van der Waals surface area contributed by atoms with Crippen LogP contribution >= 0.6 is 0 Å². The third-order valence-electron chi connectivity index (χ3n) is 2.69. The number of anilines is 1. The molecule has 2 rings (SSSR count). The molecule has 1 unspecified atom stereocenters. The Morgan fingerprint density at radius 2 is 2.29 bits per heavy atom. The number of benzene rings is 1. The Bertz CT molecular complexity index is 474. The summed E-state index contributed by atoms with van der Waals surface area (Å²) in [6, 6.07) is 4.02. The van der Waals surface area contributed by atoms with E-state index in [1.165, 1.54) is 12.1 Å². The zero-order valence-electron chi connectivity index (χ0n) is 9.42. The van der Waals surface area contributed by atoms with E-state index in [-0.39, 0.29) is 17.5 Å². The number of carbonyl (C=O) groups is 2. The molecule has 4 nitrogen and oxygen atoms in total. The summed E-state index contributed by atoms with van der Waals surface area (Å²) in [7, 11) is 0. The smallest absolute Gasteiger partial charge is 0.247 e. The molecule has 1 aliphatic rings. The fraction of sp³-hybridized carbons (Fsp3) is 0.333. The Balaban J connectivity index is 2.05. The van der Waals surface area contributed by atoms with E-state index < -0.39 is 11.9 Å². The largest absolute Gasteiger partial charge is 0.344 e. The van der Waals surface area contributed by atoms with Gasteiger partial charge in [0.2, 0.25) is 11.8 Å². The molecule has 1 atom stereocenters. The van der Waals surface area contributed by atoms with Crippen molar-refractivity contribution in [1.29, 1.82) is 0 Å². The number of carbonyl (C=O) groups excluding carboxylic acids is 2. The average molecular weight is 236 g/mol. The van der Waals surface area contributed by atoms with Crippen LogP contribution < -0.4 is 10.6 Å². The van der Waals surface area contributed by atoms with Crippen molar-refractivity contribution in [3.05, 3.63) is 29.6 Å². The minimum Gasteiger partial charge on any atom is -0.344 e. The molecular weight excluding hydrogens is 223 g/mol. The van der Waals surface area contributed by atoms with Gasteiger partial charge in [-0.15, -0.1) is 0 Å². The minimum absolute atomic E-state index is 0.141. The van der Waals surface area contributed by atoms with Gasteiger partial charge in [-0.05, 0) is 31.0 Å². The molecule has 2 amide bonds. The first-order valence-electron chi connectivity index (χ1n) is 5.42. The van der Waals surface area contributed by atoms with Crippen molar-refractivity contribution < 1.29 is 14.0 Å². The lowest BCUT2D eigenvalue weighted by molar-refractivity contribution is -0.122. The normalized spacial score (nSPS) is 18.9. The van der Waals surface area contributed by atoms with Gasteiger partial charge in [0, 0.05) is 6.42 Å². The van der Waals surface area contributed by atoms with Gasteiger partial charge >= 0.3 is 0 Å². The van der Waals surface area contributed by atoms with Gasteiger partial charge in [0.05, 0.1) is 5.69 Å². The summed E-state index contributed by atoms with van der Waals surface area (Å²) in [6.07, 6.45) is 0.798. The van der Waals surface area contributed by atoms with Crippen LogP contribution in [0.2, 0.25) is 0 Å². The Hall–Kier alpha value is -1.91.